The van der Waals surface area contributed by atoms with Crippen LogP contribution in [0.4, 0.5) is 0 Å². The zero-order valence-corrected chi connectivity index (χ0v) is 15.0. The van der Waals surface area contributed by atoms with E-state index in [0.29, 0.717) is 6.42 Å². The fourth-order valence-electron chi connectivity index (χ4n) is 4.91. The number of pyridine rings is 1. The molecule has 3 atom stereocenters. The molecule has 3 heterocycles. The third-order valence-electron chi connectivity index (χ3n) is 6.27. The molecule has 2 aromatic heterocycles. The third-order valence-corrected chi connectivity index (χ3v) is 6.27. The highest BCUT2D eigenvalue weighted by atomic mass is 16.2. The molecule has 1 amide bonds. The number of piperidine rings is 1. The lowest BCUT2D eigenvalue weighted by molar-refractivity contribution is -0.138. The van der Waals surface area contributed by atoms with E-state index in [9.17, 15) is 4.79 Å². The molecule has 5 nitrogen and oxygen atoms in total. The van der Waals surface area contributed by atoms with Crippen LogP contribution in [0.3, 0.4) is 0 Å². The second kappa shape index (κ2) is 6.45. The Morgan fingerprint density at radius 1 is 1.44 bits per heavy atom. The van der Waals surface area contributed by atoms with Crippen molar-refractivity contribution in [3.63, 3.8) is 0 Å². The summed E-state index contributed by atoms with van der Waals surface area (Å²) >= 11 is 0. The number of aromatic nitrogens is 2. The van der Waals surface area contributed by atoms with Gasteiger partial charge in [0.05, 0.1) is 0 Å². The van der Waals surface area contributed by atoms with Crippen LogP contribution in [0, 0.1) is 0 Å². The van der Waals surface area contributed by atoms with Crippen LogP contribution in [0.1, 0.15) is 63.4 Å². The lowest BCUT2D eigenvalue weighted by Crippen LogP contribution is -2.64. The van der Waals surface area contributed by atoms with E-state index in [1.807, 2.05) is 12.3 Å². The number of fused-ring (bicyclic) bond motifs is 2. The van der Waals surface area contributed by atoms with Crippen LogP contribution < -0.4 is 5.73 Å². The van der Waals surface area contributed by atoms with Crippen molar-refractivity contribution >= 4 is 16.9 Å². The van der Waals surface area contributed by atoms with Gasteiger partial charge >= 0.3 is 0 Å². The fourth-order valence-corrected chi connectivity index (χ4v) is 4.91. The van der Waals surface area contributed by atoms with Crippen molar-refractivity contribution < 1.29 is 4.79 Å². The zero-order valence-electron chi connectivity index (χ0n) is 15.0. The van der Waals surface area contributed by atoms with Crippen LogP contribution in [0.5, 0.6) is 0 Å². The standard InChI is InChI=1S/C20H28N4O/c1-14(16-13-23-19-15(16)6-4-10-22-19)12-18(25)24-11-5-9-20(21)8-3-2-7-17(20)24/h4,6,10,13-14,17H,2-3,5,7-9,11-12,21H2,1H3,(H,22,23). The van der Waals surface area contributed by atoms with E-state index >= 15 is 0 Å². The predicted octanol–water partition coefficient (Wildman–Crippen LogP) is 3.32. The molecular formula is C20H28N4O. The predicted molar refractivity (Wildman–Crippen MR) is 99.2 cm³/mol. The summed E-state index contributed by atoms with van der Waals surface area (Å²) in [6.45, 7) is 3.00. The molecule has 4 rings (SSSR count). The average molecular weight is 340 g/mol. The van der Waals surface area contributed by atoms with E-state index in [4.69, 9.17) is 5.73 Å². The average Bonchev–Trinajstić information content (AvgIpc) is 3.04. The molecule has 3 unspecified atom stereocenters. The molecule has 1 saturated heterocycles. The summed E-state index contributed by atoms with van der Waals surface area (Å²) in [5.41, 5.74) is 8.60. The van der Waals surface area contributed by atoms with Crippen LogP contribution in [0.15, 0.2) is 24.5 Å². The largest absolute Gasteiger partial charge is 0.346 e. The monoisotopic (exact) mass is 340 g/mol. The highest BCUT2D eigenvalue weighted by molar-refractivity contribution is 5.82. The molecule has 1 aliphatic heterocycles. The van der Waals surface area contributed by atoms with Crippen LogP contribution in [-0.4, -0.2) is 38.9 Å². The first-order chi connectivity index (χ1) is 12.1. The summed E-state index contributed by atoms with van der Waals surface area (Å²) in [5.74, 6) is 0.426. The fraction of sp³-hybridized carbons (Fsp3) is 0.600. The minimum Gasteiger partial charge on any atom is -0.346 e. The van der Waals surface area contributed by atoms with Gasteiger partial charge in [0, 0.05) is 42.3 Å². The molecular weight excluding hydrogens is 312 g/mol. The highest BCUT2D eigenvalue weighted by Gasteiger charge is 2.44. The minimum absolute atomic E-state index is 0.153. The Morgan fingerprint density at radius 2 is 2.28 bits per heavy atom. The lowest BCUT2D eigenvalue weighted by Gasteiger charge is -2.51. The molecule has 0 bridgehead atoms. The van der Waals surface area contributed by atoms with Crippen molar-refractivity contribution in [2.24, 2.45) is 5.73 Å². The topological polar surface area (TPSA) is 75.0 Å². The summed E-state index contributed by atoms with van der Waals surface area (Å²) in [5, 5.41) is 1.12. The van der Waals surface area contributed by atoms with E-state index < -0.39 is 0 Å². The smallest absolute Gasteiger partial charge is 0.223 e. The van der Waals surface area contributed by atoms with Gasteiger partial charge in [-0.05, 0) is 49.3 Å². The molecule has 0 spiro atoms. The molecule has 2 aromatic rings. The van der Waals surface area contributed by atoms with Gasteiger partial charge in [0.25, 0.3) is 0 Å². The molecule has 2 aliphatic rings. The van der Waals surface area contributed by atoms with Crippen molar-refractivity contribution in [1.29, 1.82) is 0 Å². The number of nitrogens with zero attached hydrogens (tertiary/aromatic N) is 2. The number of hydrogen-bond donors (Lipinski definition) is 2. The van der Waals surface area contributed by atoms with Crippen LogP contribution in [-0.2, 0) is 4.79 Å². The van der Waals surface area contributed by atoms with Gasteiger partial charge in [0.1, 0.15) is 5.65 Å². The van der Waals surface area contributed by atoms with E-state index in [1.54, 1.807) is 6.20 Å². The number of hydrogen-bond acceptors (Lipinski definition) is 3. The number of nitrogens with one attached hydrogen (secondary N) is 1. The van der Waals surface area contributed by atoms with E-state index in [-0.39, 0.29) is 23.4 Å². The summed E-state index contributed by atoms with van der Waals surface area (Å²) in [6.07, 6.45) is 10.9. The molecule has 0 radical (unpaired) electrons. The van der Waals surface area contributed by atoms with Gasteiger partial charge in [-0.1, -0.05) is 19.8 Å². The van der Waals surface area contributed by atoms with E-state index in [1.165, 1.54) is 18.4 Å². The number of rotatable bonds is 3. The molecule has 134 valence electrons. The zero-order chi connectivity index (χ0) is 17.4. The molecule has 1 aliphatic carbocycles. The van der Waals surface area contributed by atoms with Gasteiger partial charge < -0.3 is 15.6 Å². The van der Waals surface area contributed by atoms with Crippen molar-refractivity contribution in [3.8, 4) is 0 Å². The number of H-pyrrole nitrogens is 1. The second-order valence-electron chi connectivity index (χ2n) is 7.93. The molecule has 3 N–H and O–H groups in total. The summed E-state index contributed by atoms with van der Waals surface area (Å²) in [6, 6.07) is 4.26. The van der Waals surface area contributed by atoms with Crippen molar-refractivity contribution in [3.05, 3.63) is 30.1 Å². The Labute approximate surface area is 149 Å². The Hall–Kier alpha value is -1.88. The van der Waals surface area contributed by atoms with Crippen LogP contribution in [0.2, 0.25) is 0 Å². The normalized spacial score (nSPS) is 27.9. The first-order valence-electron chi connectivity index (χ1n) is 9.59. The van der Waals surface area contributed by atoms with Gasteiger partial charge in [-0.2, -0.15) is 0 Å². The maximum atomic E-state index is 13.1. The number of carbonyl (C=O) groups is 1. The van der Waals surface area contributed by atoms with Gasteiger partial charge in [-0.25, -0.2) is 4.98 Å². The first kappa shape index (κ1) is 16.6. The first-order valence-corrected chi connectivity index (χ1v) is 9.59. The Bertz CT molecular complexity index is 766. The summed E-state index contributed by atoms with van der Waals surface area (Å²) in [7, 11) is 0. The Kier molecular flexibility index (Phi) is 4.28. The Morgan fingerprint density at radius 3 is 3.16 bits per heavy atom. The molecule has 0 aromatic carbocycles. The quantitative estimate of drug-likeness (QED) is 0.900. The maximum Gasteiger partial charge on any atom is 0.223 e. The van der Waals surface area contributed by atoms with Crippen molar-refractivity contribution in [1.82, 2.24) is 14.9 Å². The van der Waals surface area contributed by atoms with Crippen LogP contribution >= 0.6 is 0 Å². The number of likely N-dealkylation sites (tertiary alicyclic amines) is 1. The van der Waals surface area contributed by atoms with E-state index in [0.717, 1.165) is 43.3 Å². The third kappa shape index (κ3) is 2.95. The van der Waals surface area contributed by atoms with Gasteiger partial charge in [-0.3, -0.25) is 4.79 Å². The summed E-state index contributed by atoms with van der Waals surface area (Å²) in [4.78, 5) is 22.8. The minimum atomic E-state index is -0.153. The SMILES string of the molecule is CC(CC(=O)N1CCCC2(N)CCCCC12)c1c[nH]c2ncccc12. The molecule has 1 saturated carbocycles. The highest BCUT2D eigenvalue weighted by Crippen LogP contribution is 2.38. The van der Waals surface area contributed by atoms with Crippen LogP contribution in [0.25, 0.3) is 11.0 Å². The van der Waals surface area contributed by atoms with Gasteiger partial charge in [0.2, 0.25) is 5.91 Å². The maximum absolute atomic E-state index is 13.1. The lowest BCUT2D eigenvalue weighted by atomic mass is 9.72. The number of amides is 1. The number of aromatic amines is 1. The molecule has 2 fully saturated rings. The number of nitrogens with two attached hydrogens (primary N) is 1. The second-order valence-corrected chi connectivity index (χ2v) is 7.93. The van der Waals surface area contributed by atoms with Gasteiger partial charge in [-0.15, -0.1) is 0 Å². The van der Waals surface area contributed by atoms with Crippen molar-refractivity contribution in [2.75, 3.05) is 6.54 Å². The van der Waals surface area contributed by atoms with Crippen molar-refractivity contribution in [2.45, 2.75) is 69.4 Å². The molecule has 5 heteroatoms. The van der Waals surface area contributed by atoms with E-state index in [2.05, 4.69) is 27.9 Å². The van der Waals surface area contributed by atoms with Gasteiger partial charge in [0.15, 0.2) is 0 Å². The molecule has 25 heavy (non-hydrogen) atoms. The summed E-state index contributed by atoms with van der Waals surface area (Å²) < 4.78 is 0. The Balaban J connectivity index is 1.51. The number of carbonyl (C=O) groups excluding carboxylic acids is 1.